The molecule has 1 aliphatic heterocycles. The summed E-state index contributed by atoms with van der Waals surface area (Å²) in [5, 5.41) is 13.1. The van der Waals surface area contributed by atoms with Crippen LogP contribution in [0.25, 0.3) is 6.08 Å². The van der Waals surface area contributed by atoms with Gasteiger partial charge in [0.05, 0.1) is 12.8 Å². The van der Waals surface area contributed by atoms with Crippen molar-refractivity contribution < 1.29 is 14.3 Å². The Labute approximate surface area is 111 Å². The molecule has 0 N–H and O–H groups in total. The Morgan fingerprint density at radius 1 is 1.68 bits per heavy atom. The molecule has 19 heavy (non-hydrogen) atoms. The predicted molar refractivity (Wildman–Crippen MR) is 66.7 cm³/mol. The molecule has 1 aromatic rings. The van der Waals surface area contributed by atoms with E-state index in [1.54, 1.807) is 16.9 Å². The normalized spacial score (nSPS) is 19.8. The van der Waals surface area contributed by atoms with Gasteiger partial charge in [-0.3, -0.25) is 0 Å². The molecule has 0 aromatic carbocycles. The van der Waals surface area contributed by atoms with E-state index in [4.69, 9.17) is 10.00 Å². The average molecular weight is 261 g/mol. The second-order valence-corrected chi connectivity index (χ2v) is 4.18. The molecular formula is C13H15N3O3. The fraction of sp³-hybridized carbons (Fsp3) is 0.462. The van der Waals surface area contributed by atoms with Crippen molar-refractivity contribution in [3.8, 4) is 6.07 Å². The smallest absolute Gasteiger partial charge is 0.348 e. The SMILES string of the molecule is COC(=O)/C(C#N)=C/c1ccnn1[C@H]1CCCCO1. The molecule has 0 aliphatic carbocycles. The Bertz CT molecular complexity index is 521. The predicted octanol–water partition coefficient (Wildman–Crippen LogP) is 1.66. The van der Waals surface area contributed by atoms with Crippen LogP contribution in [0, 0.1) is 11.3 Å². The van der Waals surface area contributed by atoms with Gasteiger partial charge in [-0.25, -0.2) is 9.48 Å². The van der Waals surface area contributed by atoms with E-state index < -0.39 is 5.97 Å². The summed E-state index contributed by atoms with van der Waals surface area (Å²) in [5.41, 5.74) is 0.605. The summed E-state index contributed by atoms with van der Waals surface area (Å²) in [6.45, 7) is 0.704. The molecule has 0 amide bonds. The fourth-order valence-electron chi connectivity index (χ4n) is 1.99. The fourth-order valence-corrected chi connectivity index (χ4v) is 1.99. The maximum atomic E-state index is 11.4. The first-order chi connectivity index (χ1) is 9.26. The van der Waals surface area contributed by atoms with Gasteiger partial charge in [0.2, 0.25) is 0 Å². The number of methoxy groups -OCH3 is 1. The van der Waals surface area contributed by atoms with Gasteiger partial charge in [0.25, 0.3) is 0 Å². The lowest BCUT2D eigenvalue weighted by atomic mass is 10.2. The van der Waals surface area contributed by atoms with Crippen LogP contribution in [0.3, 0.4) is 0 Å². The average Bonchev–Trinajstić information content (AvgIpc) is 2.93. The Morgan fingerprint density at radius 2 is 2.53 bits per heavy atom. The van der Waals surface area contributed by atoms with Crippen LogP contribution < -0.4 is 0 Å². The Kier molecular flexibility index (Phi) is 4.31. The lowest BCUT2D eigenvalue weighted by molar-refractivity contribution is -0.135. The highest BCUT2D eigenvalue weighted by Gasteiger charge is 2.19. The van der Waals surface area contributed by atoms with E-state index in [0.717, 1.165) is 19.3 Å². The van der Waals surface area contributed by atoms with E-state index in [-0.39, 0.29) is 11.8 Å². The van der Waals surface area contributed by atoms with Crippen molar-refractivity contribution in [1.29, 1.82) is 5.26 Å². The number of aromatic nitrogens is 2. The van der Waals surface area contributed by atoms with Gasteiger partial charge in [-0.2, -0.15) is 10.4 Å². The maximum Gasteiger partial charge on any atom is 0.348 e. The van der Waals surface area contributed by atoms with Gasteiger partial charge in [-0.05, 0) is 31.4 Å². The minimum atomic E-state index is -0.653. The first-order valence-electron chi connectivity index (χ1n) is 6.11. The highest BCUT2D eigenvalue weighted by atomic mass is 16.5. The molecule has 1 atom stereocenters. The molecule has 2 heterocycles. The second kappa shape index (κ2) is 6.16. The summed E-state index contributed by atoms with van der Waals surface area (Å²) in [5.74, 6) is -0.653. The zero-order valence-electron chi connectivity index (χ0n) is 10.7. The highest BCUT2D eigenvalue weighted by Crippen LogP contribution is 2.24. The molecule has 100 valence electrons. The minimum absolute atomic E-state index is 0.0555. The van der Waals surface area contributed by atoms with Crippen LogP contribution in [0.1, 0.15) is 31.2 Å². The summed E-state index contributed by atoms with van der Waals surface area (Å²) in [7, 11) is 1.25. The topological polar surface area (TPSA) is 77.1 Å². The van der Waals surface area contributed by atoms with Crippen LogP contribution in [0.15, 0.2) is 17.8 Å². The number of hydrogen-bond acceptors (Lipinski definition) is 5. The van der Waals surface area contributed by atoms with Crippen molar-refractivity contribution in [3.05, 3.63) is 23.5 Å². The quantitative estimate of drug-likeness (QED) is 0.470. The molecule has 0 unspecified atom stereocenters. The Hall–Kier alpha value is -2.13. The number of carbonyl (C=O) groups excluding carboxylic acids is 1. The molecule has 1 saturated heterocycles. The lowest BCUT2D eigenvalue weighted by Gasteiger charge is -2.23. The first-order valence-corrected chi connectivity index (χ1v) is 6.11. The number of ether oxygens (including phenoxy) is 2. The molecular weight excluding hydrogens is 246 g/mol. The first kappa shape index (κ1) is 13.3. The van der Waals surface area contributed by atoms with E-state index >= 15 is 0 Å². The van der Waals surface area contributed by atoms with Crippen LogP contribution >= 0.6 is 0 Å². The standard InChI is InChI=1S/C13H15N3O3/c1-18-13(17)10(9-14)8-11-5-6-15-16(11)12-4-2-3-7-19-12/h5-6,8,12H,2-4,7H2,1H3/b10-8+/t12-/m1/s1. The van der Waals surface area contributed by atoms with E-state index in [1.807, 2.05) is 6.07 Å². The highest BCUT2D eigenvalue weighted by molar-refractivity contribution is 5.97. The lowest BCUT2D eigenvalue weighted by Crippen LogP contribution is -2.20. The van der Waals surface area contributed by atoms with Crippen molar-refractivity contribution >= 4 is 12.0 Å². The molecule has 0 bridgehead atoms. The molecule has 0 spiro atoms. The number of rotatable bonds is 3. The van der Waals surface area contributed by atoms with Crippen LogP contribution in [-0.4, -0.2) is 29.5 Å². The van der Waals surface area contributed by atoms with Gasteiger partial charge in [-0.1, -0.05) is 0 Å². The number of nitriles is 1. The molecule has 1 fully saturated rings. The van der Waals surface area contributed by atoms with Gasteiger partial charge in [0.15, 0.2) is 6.23 Å². The number of carbonyl (C=O) groups is 1. The monoisotopic (exact) mass is 261 g/mol. The molecule has 6 heteroatoms. The summed E-state index contributed by atoms with van der Waals surface area (Å²) < 4.78 is 11.9. The zero-order valence-corrected chi connectivity index (χ0v) is 10.7. The summed E-state index contributed by atoms with van der Waals surface area (Å²) in [6.07, 6.45) is 5.97. The van der Waals surface area contributed by atoms with E-state index in [0.29, 0.717) is 12.3 Å². The summed E-state index contributed by atoms with van der Waals surface area (Å²) in [6, 6.07) is 3.56. The molecule has 0 radical (unpaired) electrons. The largest absolute Gasteiger partial charge is 0.465 e. The Morgan fingerprint density at radius 3 is 3.16 bits per heavy atom. The molecule has 1 aromatic heterocycles. The van der Waals surface area contributed by atoms with Crippen LogP contribution in [0.2, 0.25) is 0 Å². The summed E-state index contributed by atoms with van der Waals surface area (Å²) >= 11 is 0. The van der Waals surface area contributed by atoms with Gasteiger partial charge in [0, 0.05) is 12.8 Å². The molecule has 6 nitrogen and oxygen atoms in total. The number of hydrogen-bond donors (Lipinski definition) is 0. The third kappa shape index (κ3) is 3.01. The minimum Gasteiger partial charge on any atom is -0.465 e. The van der Waals surface area contributed by atoms with E-state index in [9.17, 15) is 4.79 Å². The zero-order chi connectivity index (χ0) is 13.7. The number of nitrogens with zero attached hydrogens (tertiary/aromatic N) is 3. The van der Waals surface area contributed by atoms with E-state index in [2.05, 4.69) is 9.84 Å². The number of esters is 1. The third-order valence-electron chi connectivity index (χ3n) is 2.95. The molecule has 1 aliphatic rings. The third-order valence-corrected chi connectivity index (χ3v) is 2.95. The van der Waals surface area contributed by atoms with Crippen molar-refractivity contribution in [2.24, 2.45) is 0 Å². The molecule has 0 saturated carbocycles. The summed E-state index contributed by atoms with van der Waals surface area (Å²) in [4.78, 5) is 11.4. The van der Waals surface area contributed by atoms with Gasteiger partial charge >= 0.3 is 5.97 Å². The van der Waals surface area contributed by atoms with Crippen molar-refractivity contribution in [2.75, 3.05) is 13.7 Å². The maximum absolute atomic E-state index is 11.4. The van der Waals surface area contributed by atoms with Crippen LogP contribution in [0.4, 0.5) is 0 Å². The van der Waals surface area contributed by atoms with Gasteiger partial charge in [0.1, 0.15) is 11.6 Å². The second-order valence-electron chi connectivity index (χ2n) is 4.18. The van der Waals surface area contributed by atoms with Gasteiger partial charge < -0.3 is 9.47 Å². The van der Waals surface area contributed by atoms with Gasteiger partial charge in [-0.15, -0.1) is 0 Å². The van der Waals surface area contributed by atoms with Crippen molar-refractivity contribution in [1.82, 2.24) is 9.78 Å². The van der Waals surface area contributed by atoms with Crippen LogP contribution in [-0.2, 0) is 14.3 Å². The van der Waals surface area contributed by atoms with Crippen molar-refractivity contribution in [3.63, 3.8) is 0 Å². The Balaban J connectivity index is 2.26. The van der Waals surface area contributed by atoms with Crippen molar-refractivity contribution in [2.45, 2.75) is 25.5 Å². The van der Waals surface area contributed by atoms with E-state index in [1.165, 1.54) is 13.2 Å². The van der Waals surface area contributed by atoms with Crippen LogP contribution in [0.5, 0.6) is 0 Å². The molecule has 2 rings (SSSR count).